The summed E-state index contributed by atoms with van der Waals surface area (Å²) in [6, 6.07) is 0. The fraction of sp³-hybridized carbons (Fsp3) is 0.500. The van der Waals surface area contributed by atoms with Crippen molar-refractivity contribution in [2.45, 2.75) is 13.3 Å². The highest BCUT2D eigenvalue weighted by molar-refractivity contribution is 4.98. The number of hydrogen-bond acceptors (Lipinski definition) is 1. The summed E-state index contributed by atoms with van der Waals surface area (Å²) in [5, 5.41) is 8.72. The van der Waals surface area contributed by atoms with Gasteiger partial charge in [-0.3, -0.25) is 0 Å². The van der Waals surface area contributed by atoms with Crippen molar-refractivity contribution in [1.82, 2.24) is 0 Å². The fourth-order valence-corrected chi connectivity index (χ4v) is 0.633. The monoisotopic (exact) mass is 126 g/mol. The van der Waals surface area contributed by atoms with Crippen LogP contribution in [0, 0.1) is 5.92 Å². The van der Waals surface area contributed by atoms with E-state index in [0.29, 0.717) is 0 Å². The fourth-order valence-electron chi connectivity index (χ4n) is 0.633. The Hall–Kier alpha value is -0.560. The Balaban J connectivity index is 3.67. The lowest BCUT2D eigenvalue weighted by Crippen LogP contribution is -2.04. The van der Waals surface area contributed by atoms with E-state index >= 15 is 0 Å². The zero-order valence-electron chi connectivity index (χ0n) is 5.93. The van der Waals surface area contributed by atoms with Gasteiger partial charge in [0.15, 0.2) is 0 Å². The van der Waals surface area contributed by atoms with Crippen LogP contribution < -0.4 is 0 Å². The quantitative estimate of drug-likeness (QED) is 0.569. The number of aliphatic hydroxyl groups is 1. The third-order valence-corrected chi connectivity index (χ3v) is 1.37. The molecule has 0 aliphatic rings. The highest BCUT2D eigenvalue weighted by Gasteiger charge is 2.03. The summed E-state index contributed by atoms with van der Waals surface area (Å²) in [6.07, 6.45) is 2.63. The largest absolute Gasteiger partial charge is 0.396 e. The molecule has 1 atom stereocenters. The first-order valence-electron chi connectivity index (χ1n) is 3.09. The first kappa shape index (κ1) is 8.44. The second kappa shape index (κ2) is 4.33. The third-order valence-electron chi connectivity index (χ3n) is 1.37. The molecule has 0 radical (unpaired) electrons. The van der Waals surface area contributed by atoms with Crippen LogP contribution in [0.25, 0.3) is 0 Å². The van der Waals surface area contributed by atoms with Crippen LogP contribution in [0.15, 0.2) is 24.8 Å². The summed E-state index contributed by atoms with van der Waals surface area (Å²) in [6.45, 7) is 9.42. The molecule has 0 heterocycles. The topological polar surface area (TPSA) is 20.2 Å². The molecular weight excluding hydrogens is 112 g/mol. The maximum atomic E-state index is 8.72. The van der Waals surface area contributed by atoms with Crippen LogP contribution in [0.1, 0.15) is 13.3 Å². The maximum Gasteiger partial charge on any atom is 0.0499 e. The van der Waals surface area contributed by atoms with Gasteiger partial charge in [0.05, 0.1) is 0 Å². The van der Waals surface area contributed by atoms with Crippen molar-refractivity contribution in [3.05, 3.63) is 24.8 Å². The van der Waals surface area contributed by atoms with Gasteiger partial charge >= 0.3 is 0 Å². The van der Waals surface area contributed by atoms with E-state index in [1.165, 1.54) is 0 Å². The van der Waals surface area contributed by atoms with Gasteiger partial charge in [-0.1, -0.05) is 18.2 Å². The average molecular weight is 126 g/mol. The lowest BCUT2D eigenvalue weighted by atomic mass is 10.00. The molecule has 0 aromatic carbocycles. The molecule has 52 valence electrons. The van der Waals surface area contributed by atoms with Crippen molar-refractivity contribution in [2.24, 2.45) is 5.92 Å². The van der Waals surface area contributed by atoms with Gasteiger partial charge in [0.2, 0.25) is 0 Å². The molecular formula is C8H14O. The summed E-state index contributed by atoms with van der Waals surface area (Å²) in [4.78, 5) is 0. The zero-order chi connectivity index (χ0) is 7.28. The predicted octanol–water partition coefficient (Wildman–Crippen LogP) is 1.75. The Bertz CT molecular complexity index is 105. The van der Waals surface area contributed by atoms with Crippen molar-refractivity contribution < 1.29 is 5.11 Å². The molecule has 0 unspecified atom stereocenters. The van der Waals surface area contributed by atoms with E-state index < -0.39 is 0 Å². The first-order chi connectivity index (χ1) is 4.22. The summed E-state index contributed by atoms with van der Waals surface area (Å²) in [5.41, 5.74) is 1.03. The zero-order valence-corrected chi connectivity index (χ0v) is 5.93. The summed E-state index contributed by atoms with van der Waals surface area (Å²) >= 11 is 0. The summed E-state index contributed by atoms with van der Waals surface area (Å²) in [5.74, 6) is 0.211. The highest BCUT2D eigenvalue weighted by Crippen LogP contribution is 2.11. The molecule has 9 heavy (non-hydrogen) atoms. The van der Waals surface area contributed by atoms with Crippen LogP contribution in [0.3, 0.4) is 0 Å². The average Bonchev–Trinajstić information content (AvgIpc) is 1.82. The van der Waals surface area contributed by atoms with E-state index in [-0.39, 0.29) is 12.5 Å². The van der Waals surface area contributed by atoms with E-state index in [0.717, 1.165) is 12.0 Å². The van der Waals surface area contributed by atoms with Crippen molar-refractivity contribution in [1.29, 1.82) is 0 Å². The van der Waals surface area contributed by atoms with Crippen molar-refractivity contribution >= 4 is 0 Å². The minimum Gasteiger partial charge on any atom is -0.396 e. The van der Waals surface area contributed by atoms with Gasteiger partial charge in [-0.15, -0.1) is 6.58 Å². The van der Waals surface area contributed by atoms with E-state index in [2.05, 4.69) is 13.2 Å². The minimum atomic E-state index is 0.182. The van der Waals surface area contributed by atoms with Crippen molar-refractivity contribution in [2.75, 3.05) is 6.61 Å². The van der Waals surface area contributed by atoms with Gasteiger partial charge in [-0.2, -0.15) is 0 Å². The molecule has 0 saturated heterocycles. The molecule has 0 fully saturated rings. The maximum absolute atomic E-state index is 8.72. The van der Waals surface area contributed by atoms with Crippen LogP contribution in [0.2, 0.25) is 0 Å². The standard InChI is InChI=1S/C8H14O/c1-4-5-8(6-9)7(2)3/h4,8-9H,1-2,5-6H2,3H3/t8-/m0/s1. The van der Waals surface area contributed by atoms with Gasteiger partial charge in [0, 0.05) is 12.5 Å². The van der Waals surface area contributed by atoms with Gasteiger partial charge in [-0.05, 0) is 13.3 Å². The van der Waals surface area contributed by atoms with Crippen molar-refractivity contribution in [3.8, 4) is 0 Å². The summed E-state index contributed by atoms with van der Waals surface area (Å²) in [7, 11) is 0. The highest BCUT2D eigenvalue weighted by atomic mass is 16.3. The van der Waals surface area contributed by atoms with E-state index in [1.54, 1.807) is 6.08 Å². The van der Waals surface area contributed by atoms with Crippen molar-refractivity contribution in [3.63, 3.8) is 0 Å². The molecule has 1 nitrogen and oxygen atoms in total. The Morgan fingerprint density at radius 3 is 2.44 bits per heavy atom. The van der Waals surface area contributed by atoms with Gasteiger partial charge in [0.25, 0.3) is 0 Å². The van der Waals surface area contributed by atoms with Crippen LogP contribution in [0.5, 0.6) is 0 Å². The molecule has 0 saturated carbocycles. The molecule has 0 amide bonds. The molecule has 1 heteroatoms. The molecule has 0 rings (SSSR count). The third kappa shape index (κ3) is 3.09. The Kier molecular flexibility index (Phi) is 4.06. The normalized spacial score (nSPS) is 12.7. The molecule has 0 bridgehead atoms. The number of hydrogen-bond donors (Lipinski definition) is 1. The first-order valence-corrected chi connectivity index (χ1v) is 3.09. The van der Waals surface area contributed by atoms with Gasteiger partial charge in [0.1, 0.15) is 0 Å². The van der Waals surface area contributed by atoms with Gasteiger partial charge in [-0.25, -0.2) is 0 Å². The van der Waals surface area contributed by atoms with Gasteiger partial charge < -0.3 is 5.11 Å². The summed E-state index contributed by atoms with van der Waals surface area (Å²) < 4.78 is 0. The SMILES string of the molecule is C=CC[C@@H](CO)C(=C)C. The van der Waals surface area contributed by atoms with E-state index in [9.17, 15) is 0 Å². The minimum absolute atomic E-state index is 0.182. The smallest absolute Gasteiger partial charge is 0.0499 e. The molecule has 0 aromatic heterocycles. The van der Waals surface area contributed by atoms with Crippen LogP contribution >= 0.6 is 0 Å². The van der Waals surface area contributed by atoms with Crippen LogP contribution in [-0.4, -0.2) is 11.7 Å². The lowest BCUT2D eigenvalue weighted by molar-refractivity contribution is 0.248. The molecule has 1 N–H and O–H groups in total. The molecule has 0 aromatic rings. The molecule has 0 spiro atoms. The van der Waals surface area contributed by atoms with Crippen LogP contribution in [-0.2, 0) is 0 Å². The Morgan fingerprint density at radius 2 is 2.33 bits per heavy atom. The Morgan fingerprint density at radius 1 is 1.78 bits per heavy atom. The second-order valence-corrected chi connectivity index (χ2v) is 2.25. The number of aliphatic hydroxyl groups excluding tert-OH is 1. The second-order valence-electron chi connectivity index (χ2n) is 2.25. The molecule has 0 aliphatic heterocycles. The molecule has 0 aliphatic carbocycles. The number of allylic oxidation sites excluding steroid dienone is 1. The van der Waals surface area contributed by atoms with E-state index in [4.69, 9.17) is 5.11 Å². The predicted molar refractivity (Wildman–Crippen MR) is 40.2 cm³/mol. The van der Waals surface area contributed by atoms with E-state index in [1.807, 2.05) is 6.92 Å². The van der Waals surface area contributed by atoms with Crippen LogP contribution in [0.4, 0.5) is 0 Å². The number of rotatable bonds is 4. The Labute approximate surface area is 56.7 Å². The lowest BCUT2D eigenvalue weighted by Gasteiger charge is -2.09.